The third kappa shape index (κ3) is 5.66. The molecule has 1 aliphatic rings. The lowest BCUT2D eigenvalue weighted by atomic mass is 9.88. The van der Waals surface area contributed by atoms with Crippen LogP contribution in [0.1, 0.15) is 56.7 Å². The van der Waals surface area contributed by atoms with Crippen LogP contribution in [-0.4, -0.2) is 41.8 Å². The van der Waals surface area contributed by atoms with Gasteiger partial charge in [0.25, 0.3) is 0 Å². The molecule has 0 aromatic carbocycles. The molecule has 0 saturated heterocycles. The Morgan fingerprint density at radius 3 is 2.96 bits per heavy atom. The van der Waals surface area contributed by atoms with Gasteiger partial charge in [-0.3, -0.25) is 5.10 Å². The third-order valence-corrected chi connectivity index (χ3v) is 4.32. The van der Waals surface area contributed by atoms with Crippen molar-refractivity contribution in [3.63, 3.8) is 0 Å². The molecule has 1 aromatic rings. The Hall–Kier alpha value is -1.33. The van der Waals surface area contributed by atoms with Gasteiger partial charge in [-0.25, -0.2) is 0 Å². The maximum absolute atomic E-state index is 5.86. The maximum Gasteiger partial charge on any atom is 0.0920 e. The van der Waals surface area contributed by atoms with Crippen LogP contribution in [0, 0.1) is 5.92 Å². The van der Waals surface area contributed by atoms with Gasteiger partial charge >= 0.3 is 0 Å². The number of rotatable bonds is 9. The van der Waals surface area contributed by atoms with E-state index >= 15 is 0 Å². The quantitative estimate of drug-likeness (QED) is 0.734. The average Bonchev–Trinajstić information content (AvgIpc) is 2.99. The smallest absolute Gasteiger partial charge is 0.0920 e. The molecule has 3 N–H and O–H groups in total. The summed E-state index contributed by atoms with van der Waals surface area (Å²) >= 11 is 0. The lowest BCUT2D eigenvalue weighted by Crippen LogP contribution is -2.22. The van der Waals surface area contributed by atoms with Gasteiger partial charge in [-0.05, 0) is 51.4 Å². The molecule has 0 aliphatic heterocycles. The van der Waals surface area contributed by atoms with Crippen LogP contribution in [0.2, 0.25) is 0 Å². The van der Waals surface area contributed by atoms with Crippen LogP contribution in [0.25, 0.3) is 0 Å². The van der Waals surface area contributed by atoms with Crippen molar-refractivity contribution in [3.05, 3.63) is 29.3 Å². The summed E-state index contributed by atoms with van der Waals surface area (Å²) in [4.78, 5) is 2.32. The molecule has 1 heterocycles. The van der Waals surface area contributed by atoms with E-state index in [0.29, 0.717) is 11.8 Å². The van der Waals surface area contributed by atoms with Crippen LogP contribution in [-0.2, 0) is 11.3 Å². The van der Waals surface area contributed by atoms with E-state index in [1.807, 2.05) is 6.20 Å². The van der Waals surface area contributed by atoms with Crippen LogP contribution >= 0.6 is 0 Å². The number of allylic oxidation sites excluding steroid dienone is 2. The SMILES string of the molecule is CC(C)COC1=CCC(c2[nH]ncc2CN(C)CCCN)CC1. The molecule has 0 amide bonds. The van der Waals surface area contributed by atoms with E-state index < -0.39 is 0 Å². The first kappa shape index (κ1) is 18.0. The first-order valence-corrected chi connectivity index (χ1v) is 8.82. The minimum absolute atomic E-state index is 0.529. The Morgan fingerprint density at radius 1 is 1.48 bits per heavy atom. The second kappa shape index (κ2) is 9.08. The fraction of sp³-hybridized carbons (Fsp3) is 0.722. The van der Waals surface area contributed by atoms with Gasteiger partial charge in [-0.2, -0.15) is 5.10 Å². The number of nitrogens with one attached hydrogen (secondary N) is 1. The fourth-order valence-electron chi connectivity index (χ4n) is 3.01. The van der Waals surface area contributed by atoms with Gasteiger partial charge in [0.05, 0.1) is 18.6 Å². The average molecular weight is 320 g/mol. The molecule has 1 aromatic heterocycles. The van der Waals surface area contributed by atoms with Crippen LogP contribution in [0.4, 0.5) is 0 Å². The zero-order valence-corrected chi connectivity index (χ0v) is 14.8. The van der Waals surface area contributed by atoms with Gasteiger partial charge in [-0.1, -0.05) is 13.8 Å². The van der Waals surface area contributed by atoms with E-state index in [0.717, 1.165) is 57.7 Å². The number of nitrogens with zero attached hydrogens (tertiary/aromatic N) is 2. The minimum Gasteiger partial charge on any atom is -0.498 e. The minimum atomic E-state index is 0.529. The fourth-order valence-corrected chi connectivity index (χ4v) is 3.01. The highest BCUT2D eigenvalue weighted by Gasteiger charge is 2.21. The number of aromatic nitrogens is 2. The molecule has 130 valence electrons. The molecular weight excluding hydrogens is 288 g/mol. The molecule has 1 atom stereocenters. The van der Waals surface area contributed by atoms with Gasteiger partial charge in [0.2, 0.25) is 0 Å². The predicted molar refractivity (Wildman–Crippen MR) is 94.1 cm³/mol. The second-order valence-electron chi connectivity index (χ2n) is 7.04. The van der Waals surface area contributed by atoms with Crippen molar-refractivity contribution in [2.75, 3.05) is 26.7 Å². The summed E-state index contributed by atoms with van der Waals surface area (Å²) in [5.41, 5.74) is 8.20. The van der Waals surface area contributed by atoms with E-state index in [1.165, 1.54) is 11.3 Å². The van der Waals surface area contributed by atoms with Crippen LogP contribution in [0.5, 0.6) is 0 Å². The second-order valence-corrected chi connectivity index (χ2v) is 7.04. The Balaban J connectivity index is 1.90. The van der Waals surface area contributed by atoms with Gasteiger partial charge in [0, 0.05) is 30.1 Å². The summed E-state index contributed by atoms with van der Waals surface area (Å²) in [5, 5.41) is 7.51. The molecule has 0 radical (unpaired) electrons. The maximum atomic E-state index is 5.86. The van der Waals surface area contributed by atoms with E-state index in [2.05, 4.69) is 42.1 Å². The standard InChI is InChI=1S/C18H32N4O/c1-14(2)13-23-17-7-5-15(6-8-17)18-16(11-20-21-18)12-22(3)10-4-9-19/h7,11,14-15H,4-6,8-10,12-13,19H2,1-3H3,(H,20,21). The highest BCUT2D eigenvalue weighted by atomic mass is 16.5. The number of H-pyrrole nitrogens is 1. The van der Waals surface area contributed by atoms with Gasteiger partial charge in [0.1, 0.15) is 0 Å². The Kier molecular flexibility index (Phi) is 7.12. The van der Waals surface area contributed by atoms with Crippen molar-refractivity contribution in [1.82, 2.24) is 15.1 Å². The first-order valence-electron chi connectivity index (χ1n) is 8.82. The third-order valence-electron chi connectivity index (χ3n) is 4.32. The van der Waals surface area contributed by atoms with Gasteiger partial charge < -0.3 is 15.4 Å². The zero-order valence-electron chi connectivity index (χ0n) is 14.8. The van der Waals surface area contributed by atoms with Crippen molar-refractivity contribution in [3.8, 4) is 0 Å². The largest absolute Gasteiger partial charge is 0.498 e. The first-order chi connectivity index (χ1) is 11.1. The summed E-state index contributed by atoms with van der Waals surface area (Å²) in [6, 6.07) is 0. The number of hydrogen-bond acceptors (Lipinski definition) is 4. The normalized spacial score (nSPS) is 18.5. The van der Waals surface area contributed by atoms with E-state index in [1.54, 1.807) is 0 Å². The Bertz CT molecular complexity index is 495. The highest BCUT2D eigenvalue weighted by Crippen LogP contribution is 2.33. The van der Waals surface area contributed by atoms with Crippen molar-refractivity contribution >= 4 is 0 Å². The Labute approximate surface area is 140 Å². The molecule has 0 bridgehead atoms. The van der Waals surface area contributed by atoms with Crippen LogP contribution in [0.3, 0.4) is 0 Å². The highest BCUT2D eigenvalue weighted by molar-refractivity contribution is 5.23. The van der Waals surface area contributed by atoms with Crippen molar-refractivity contribution in [2.45, 2.75) is 52.0 Å². The summed E-state index contributed by atoms with van der Waals surface area (Å²) in [6.45, 7) is 7.89. The molecule has 0 spiro atoms. The number of aromatic amines is 1. The summed E-state index contributed by atoms with van der Waals surface area (Å²) < 4.78 is 5.86. The van der Waals surface area contributed by atoms with E-state index in [4.69, 9.17) is 10.5 Å². The van der Waals surface area contributed by atoms with Crippen LogP contribution < -0.4 is 5.73 Å². The van der Waals surface area contributed by atoms with Crippen molar-refractivity contribution in [2.24, 2.45) is 11.7 Å². The molecule has 2 rings (SSSR count). The monoisotopic (exact) mass is 320 g/mol. The lowest BCUT2D eigenvalue weighted by Gasteiger charge is -2.24. The topological polar surface area (TPSA) is 67.2 Å². The molecule has 0 fully saturated rings. The van der Waals surface area contributed by atoms with Crippen molar-refractivity contribution in [1.29, 1.82) is 0 Å². The van der Waals surface area contributed by atoms with Crippen molar-refractivity contribution < 1.29 is 4.74 Å². The van der Waals surface area contributed by atoms with E-state index in [-0.39, 0.29) is 0 Å². The summed E-state index contributed by atoms with van der Waals surface area (Å²) in [5.74, 6) is 2.27. The zero-order chi connectivity index (χ0) is 16.7. The number of ether oxygens (including phenoxy) is 1. The molecule has 0 saturated carbocycles. The molecule has 5 nitrogen and oxygen atoms in total. The molecule has 5 heteroatoms. The number of hydrogen-bond donors (Lipinski definition) is 2. The molecule has 1 aliphatic carbocycles. The summed E-state index contributed by atoms with van der Waals surface area (Å²) in [6.07, 6.45) is 8.47. The Morgan fingerprint density at radius 2 is 2.30 bits per heavy atom. The van der Waals surface area contributed by atoms with Crippen LogP contribution in [0.15, 0.2) is 18.0 Å². The van der Waals surface area contributed by atoms with E-state index in [9.17, 15) is 0 Å². The van der Waals surface area contributed by atoms with Gasteiger partial charge in [-0.15, -0.1) is 0 Å². The molecule has 1 unspecified atom stereocenters. The predicted octanol–water partition coefficient (Wildman–Crippen LogP) is 3.01. The lowest BCUT2D eigenvalue weighted by molar-refractivity contribution is 0.163. The van der Waals surface area contributed by atoms with Gasteiger partial charge in [0.15, 0.2) is 0 Å². The summed E-state index contributed by atoms with van der Waals surface area (Å²) in [7, 11) is 2.14. The molecular formula is C18H32N4O. The number of nitrogens with two attached hydrogens (primary N) is 1. The molecule has 23 heavy (non-hydrogen) atoms.